The van der Waals surface area contributed by atoms with Crippen LogP contribution in [-0.4, -0.2) is 29.6 Å². The molecule has 22 heavy (non-hydrogen) atoms. The van der Waals surface area contributed by atoms with Gasteiger partial charge in [-0.15, -0.1) is 0 Å². The predicted octanol–water partition coefficient (Wildman–Crippen LogP) is 0.960. The number of rotatable bonds is 5. The number of hydrogen-bond donors (Lipinski definition) is 2. The molecule has 0 aromatic heterocycles. The third-order valence-corrected chi connectivity index (χ3v) is 2.82. The summed E-state index contributed by atoms with van der Waals surface area (Å²) < 4.78 is 5.14. The van der Waals surface area contributed by atoms with E-state index in [1.54, 1.807) is 0 Å². The lowest BCUT2D eigenvalue weighted by molar-refractivity contribution is -0.146. The third-order valence-electron chi connectivity index (χ3n) is 2.82. The van der Waals surface area contributed by atoms with Crippen molar-refractivity contribution in [3.63, 3.8) is 0 Å². The molecular weight excluding hydrogens is 284 g/mol. The summed E-state index contributed by atoms with van der Waals surface area (Å²) in [5.41, 5.74) is 4.31. The second kappa shape index (κ2) is 7.35. The number of ether oxygens (including phenoxy) is 1. The quantitative estimate of drug-likeness (QED) is 0.481. The molecule has 2 rings (SSSR count). The van der Waals surface area contributed by atoms with Crippen LogP contribution in [0.1, 0.15) is 25.8 Å². The van der Waals surface area contributed by atoms with Crippen LogP contribution in [-0.2, 0) is 20.9 Å². The molecule has 7 heteroatoms. The molecule has 1 aromatic carbocycles. The van der Waals surface area contributed by atoms with Gasteiger partial charge in [0, 0.05) is 5.71 Å². The Labute approximate surface area is 128 Å². The van der Waals surface area contributed by atoms with E-state index in [-0.39, 0.29) is 24.9 Å². The first-order chi connectivity index (χ1) is 10.5. The van der Waals surface area contributed by atoms with E-state index >= 15 is 0 Å². The summed E-state index contributed by atoms with van der Waals surface area (Å²) in [6.45, 7) is 3.80. The zero-order valence-corrected chi connectivity index (χ0v) is 12.5. The van der Waals surface area contributed by atoms with Gasteiger partial charge in [0.2, 0.25) is 5.96 Å². The average Bonchev–Trinajstić information content (AvgIpc) is 2.84. The number of nitrogens with zero attached hydrogens (tertiary/aromatic N) is 2. The van der Waals surface area contributed by atoms with E-state index in [4.69, 9.17) is 4.74 Å². The van der Waals surface area contributed by atoms with Crippen LogP contribution >= 0.6 is 0 Å². The van der Waals surface area contributed by atoms with E-state index in [2.05, 4.69) is 20.8 Å². The van der Waals surface area contributed by atoms with Crippen molar-refractivity contribution in [2.24, 2.45) is 10.1 Å². The van der Waals surface area contributed by atoms with Gasteiger partial charge in [0.15, 0.2) is 0 Å². The minimum absolute atomic E-state index is 0.0985. The summed E-state index contributed by atoms with van der Waals surface area (Å²) in [5, 5.41) is 6.46. The van der Waals surface area contributed by atoms with E-state index in [1.165, 1.54) is 0 Å². The van der Waals surface area contributed by atoms with Crippen molar-refractivity contribution >= 4 is 23.5 Å². The Bertz CT molecular complexity index is 606. The zero-order valence-electron chi connectivity index (χ0n) is 12.5. The number of carbonyl (C=O) groups is 2. The largest absolute Gasteiger partial charge is 0.461 e. The van der Waals surface area contributed by atoms with Crippen LogP contribution in [0.4, 0.5) is 0 Å². The smallest absolute Gasteiger partial charge is 0.308 e. The van der Waals surface area contributed by atoms with Crippen molar-refractivity contribution in [1.82, 2.24) is 10.7 Å². The number of carbonyl (C=O) groups excluding carboxylic acids is 2. The third kappa shape index (κ3) is 4.69. The highest BCUT2D eigenvalue weighted by molar-refractivity contribution is 6.06. The van der Waals surface area contributed by atoms with E-state index < -0.39 is 12.0 Å². The second-order valence-electron chi connectivity index (χ2n) is 5.00. The Morgan fingerprint density at radius 1 is 1.36 bits per heavy atom. The number of guanidine groups is 1. The molecule has 0 radical (unpaired) electrons. The van der Waals surface area contributed by atoms with Gasteiger partial charge in [-0.3, -0.25) is 14.9 Å². The van der Waals surface area contributed by atoms with Gasteiger partial charge in [0.05, 0.1) is 6.42 Å². The Morgan fingerprint density at radius 2 is 2.09 bits per heavy atom. The molecule has 1 aliphatic rings. The molecule has 1 amide bonds. The molecule has 116 valence electrons. The predicted molar refractivity (Wildman–Crippen MR) is 82.1 cm³/mol. The standard InChI is InChI=1S/C15H18N4O3/c1-10(2)18-19-15-16-12(14(21)17-15)8-13(20)22-9-11-6-4-3-5-7-11/h3-7,12H,8-9H2,1-2H3,(H2,16,17,19,21). The zero-order chi connectivity index (χ0) is 15.9. The van der Waals surface area contributed by atoms with Crippen LogP contribution in [0.15, 0.2) is 40.4 Å². The summed E-state index contributed by atoms with van der Waals surface area (Å²) in [4.78, 5) is 27.6. The molecule has 0 saturated carbocycles. The number of amides is 1. The molecule has 1 unspecified atom stereocenters. The van der Waals surface area contributed by atoms with Crippen LogP contribution in [0.5, 0.6) is 0 Å². The summed E-state index contributed by atoms with van der Waals surface area (Å²) in [5.74, 6) is -0.570. The lowest BCUT2D eigenvalue weighted by Crippen LogP contribution is -2.35. The summed E-state index contributed by atoms with van der Waals surface area (Å²) >= 11 is 0. The van der Waals surface area contributed by atoms with Crippen molar-refractivity contribution in [1.29, 1.82) is 0 Å². The van der Waals surface area contributed by atoms with E-state index in [0.717, 1.165) is 11.3 Å². The second-order valence-corrected chi connectivity index (χ2v) is 5.00. The van der Waals surface area contributed by atoms with E-state index in [1.807, 2.05) is 44.2 Å². The maximum absolute atomic E-state index is 11.8. The lowest BCUT2D eigenvalue weighted by atomic mass is 10.2. The van der Waals surface area contributed by atoms with Crippen LogP contribution < -0.4 is 10.7 Å². The Kier molecular flexibility index (Phi) is 5.24. The van der Waals surface area contributed by atoms with Gasteiger partial charge in [-0.25, -0.2) is 10.4 Å². The summed E-state index contributed by atoms with van der Waals surface area (Å²) in [7, 11) is 0. The maximum Gasteiger partial charge on any atom is 0.308 e. The summed E-state index contributed by atoms with van der Waals surface area (Å²) in [6, 6.07) is 8.57. The fourth-order valence-corrected chi connectivity index (χ4v) is 1.76. The molecule has 0 spiro atoms. The Hall–Kier alpha value is -2.70. The number of hydrogen-bond acceptors (Lipinski definition) is 6. The number of esters is 1. The van der Waals surface area contributed by atoms with Gasteiger partial charge >= 0.3 is 5.97 Å². The highest BCUT2D eigenvalue weighted by Gasteiger charge is 2.29. The average molecular weight is 302 g/mol. The van der Waals surface area contributed by atoms with Crippen LogP contribution in [0.2, 0.25) is 0 Å². The van der Waals surface area contributed by atoms with Gasteiger partial charge in [-0.05, 0) is 19.4 Å². The van der Waals surface area contributed by atoms with Gasteiger partial charge < -0.3 is 4.74 Å². The molecule has 0 fully saturated rings. The van der Waals surface area contributed by atoms with E-state index in [0.29, 0.717) is 0 Å². The number of aliphatic imine (C=N–C) groups is 1. The van der Waals surface area contributed by atoms with Crippen molar-refractivity contribution in [2.45, 2.75) is 32.9 Å². The molecule has 1 aliphatic heterocycles. The van der Waals surface area contributed by atoms with Crippen molar-refractivity contribution in [3.8, 4) is 0 Å². The molecule has 1 aromatic rings. The van der Waals surface area contributed by atoms with Crippen molar-refractivity contribution in [2.75, 3.05) is 0 Å². The maximum atomic E-state index is 11.8. The van der Waals surface area contributed by atoms with Crippen LogP contribution in [0.25, 0.3) is 0 Å². The molecule has 2 N–H and O–H groups in total. The number of benzene rings is 1. The van der Waals surface area contributed by atoms with Gasteiger partial charge in [-0.1, -0.05) is 30.3 Å². The molecule has 7 nitrogen and oxygen atoms in total. The van der Waals surface area contributed by atoms with Crippen molar-refractivity contribution in [3.05, 3.63) is 35.9 Å². The molecule has 1 atom stereocenters. The first-order valence-corrected chi connectivity index (χ1v) is 6.89. The number of hydrazone groups is 1. The molecule has 0 aliphatic carbocycles. The van der Waals surface area contributed by atoms with Crippen LogP contribution in [0.3, 0.4) is 0 Å². The van der Waals surface area contributed by atoms with Crippen molar-refractivity contribution < 1.29 is 14.3 Å². The Morgan fingerprint density at radius 3 is 2.77 bits per heavy atom. The first-order valence-electron chi connectivity index (χ1n) is 6.89. The van der Waals surface area contributed by atoms with Gasteiger partial charge in [0.25, 0.3) is 5.91 Å². The van der Waals surface area contributed by atoms with Gasteiger partial charge in [0.1, 0.15) is 12.6 Å². The minimum atomic E-state index is -0.780. The topological polar surface area (TPSA) is 92.2 Å². The van der Waals surface area contributed by atoms with E-state index in [9.17, 15) is 9.59 Å². The fourth-order valence-electron chi connectivity index (χ4n) is 1.76. The van der Waals surface area contributed by atoms with Gasteiger partial charge in [-0.2, -0.15) is 5.10 Å². The number of nitrogens with one attached hydrogen (secondary N) is 2. The highest BCUT2D eigenvalue weighted by atomic mass is 16.5. The summed E-state index contributed by atoms with van der Waals surface area (Å²) in [6.07, 6.45) is -0.0985. The lowest BCUT2D eigenvalue weighted by Gasteiger charge is -2.06. The SMILES string of the molecule is CC(C)=NNC1=NC(CC(=O)OCc2ccccc2)C(=O)N1. The van der Waals surface area contributed by atoms with Crippen LogP contribution in [0, 0.1) is 0 Å². The molecule has 0 saturated heterocycles. The Balaban J connectivity index is 1.83. The normalized spacial score (nSPS) is 16.5. The fraction of sp³-hybridized carbons (Fsp3) is 0.333. The molecular formula is C15H18N4O3. The highest BCUT2D eigenvalue weighted by Crippen LogP contribution is 2.08. The monoisotopic (exact) mass is 302 g/mol. The minimum Gasteiger partial charge on any atom is -0.461 e. The molecule has 0 bridgehead atoms. The first kappa shape index (κ1) is 15.7. The molecule has 1 heterocycles.